The second-order valence-electron chi connectivity index (χ2n) is 5.73. The number of nitrogens with zero attached hydrogens (tertiary/aromatic N) is 1. The Labute approximate surface area is 160 Å². The van der Waals surface area contributed by atoms with Gasteiger partial charge in [-0.3, -0.25) is 14.9 Å². The number of rotatable bonds is 6. The Morgan fingerprint density at radius 1 is 1.00 bits per heavy atom. The van der Waals surface area contributed by atoms with Gasteiger partial charge < -0.3 is 20.5 Å². The number of methoxy groups -OCH3 is 1. The topological polar surface area (TPSA) is 117 Å². The van der Waals surface area contributed by atoms with Gasteiger partial charge in [0.25, 0.3) is 11.6 Å². The minimum absolute atomic E-state index is 0.0611. The lowest BCUT2D eigenvalue weighted by molar-refractivity contribution is -0.384. The Morgan fingerprint density at radius 3 is 2.36 bits per heavy atom. The molecule has 3 aromatic carbocycles. The number of anilines is 2. The molecule has 8 heteroatoms. The number of hydrogen-bond acceptors (Lipinski definition) is 6. The zero-order chi connectivity index (χ0) is 20.1. The molecule has 8 nitrogen and oxygen atoms in total. The van der Waals surface area contributed by atoms with Crippen molar-refractivity contribution in [2.24, 2.45) is 0 Å². The molecular formula is C20H17N3O5. The molecular weight excluding hydrogens is 362 g/mol. The smallest absolute Gasteiger partial charge is 0.269 e. The van der Waals surface area contributed by atoms with E-state index in [1.807, 2.05) is 0 Å². The fourth-order valence-electron chi connectivity index (χ4n) is 2.57. The molecule has 0 aromatic heterocycles. The van der Waals surface area contributed by atoms with Crippen LogP contribution in [0.3, 0.4) is 0 Å². The van der Waals surface area contributed by atoms with Crippen LogP contribution < -0.4 is 20.5 Å². The third-order valence-corrected chi connectivity index (χ3v) is 3.92. The number of hydrogen-bond donors (Lipinski definition) is 2. The molecule has 0 fully saturated rings. The highest BCUT2D eigenvalue weighted by Crippen LogP contribution is 2.32. The molecule has 0 saturated heterocycles. The summed E-state index contributed by atoms with van der Waals surface area (Å²) in [4.78, 5) is 23.1. The van der Waals surface area contributed by atoms with E-state index in [2.05, 4.69) is 5.32 Å². The molecule has 3 aromatic rings. The fourth-order valence-corrected chi connectivity index (χ4v) is 2.57. The van der Waals surface area contributed by atoms with E-state index in [-0.39, 0.29) is 22.7 Å². The summed E-state index contributed by atoms with van der Waals surface area (Å²) in [6.07, 6.45) is 0. The lowest BCUT2D eigenvalue weighted by Gasteiger charge is -2.14. The molecule has 0 aliphatic carbocycles. The normalized spacial score (nSPS) is 10.2. The largest absolute Gasteiger partial charge is 0.495 e. The summed E-state index contributed by atoms with van der Waals surface area (Å²) >= 11 is 0. The van der Waals surface area contributed by atoms with Crippen LogP contribution in [0.5, 0.6) is 17.2 Å². The zero-order valence-electron chi connectivity index (χ0n) is 14.9. The molecule has 142 valence electrons. The first kappa shape index (κ1) is 18.7. The maximum atomic E-state index is 12.8. The van der Waals surface area contributed by atoms with E-state index < -0.39 is 10.8 Å². The monoisotopic (exact) mass is 379 g/mol. The molecule has 0 aliphatic rings. The molecule has 0 atom stereocenters. The van der Waals surface area contributed by atoms with Crippen molar-refractivity contribution < 1.29 is 19.2 Å². The molecule has 0 spiro atoms. The van der Waals surface area contributed by atoms with Gasteiger partial charge >= 0.3 is 0 Å². The van der Waals surface area contributed by atoms with Gasteiger partial charge in [0.15, 0.2) is 0 Å². The van der Waals surface area contributed by atoms with Crippen LogP contribution >= 0.6 is 0 Å². The summed E-state index contributed by atoms with van der Waals surface area (Å²) in [7, 11) is 1.50. The van der Waals surface area contributed by atoms with Crippen LogP contribution in [0.25, 0.3) is 0 Å². The molecule has 0 aliphatic heterocycles. The quantitative estimate of drug-likeness (QED) is 0.376. The summed E-state index contributed by atoms with van der Waals surface area (Å²) < 4.78 is 11.0. The van der Waals surface area contributed by atoms with Gasteiger partial charge in [-0.05, 0) is 36.4 Å². The highest BCUT2D eigenvalue weighted by Gasteiger charge is 2.18. The van der Waals surface area contributed by atoms with E-state index in [9.17, 15) is 14.9 Å². The molecule has 0 heterocycles. The van der Waals surface area contributed by atoms with Crippen LogP contribution in [-0.4, -0.2) is 17.9 Å². The van der Waals surface area contributed by atoms with Crippen molar-refractivity contribution in [1.29, 1.82) is 0 Å². The molecule has 3 N–H and O–H groups in total. The first-order chi connectivity index (χ1) is 13.5. The number of nitrogens with two attached hydrogens (primary N) is 1. The zero-order valence-corrected chi connectivity index (χ0v) is 14.9. The third kappa shape index (κ3) is 4.01. The number of ether oxygens (including phenoxy) is 2. The van der Waals surface area contributed by atoms with Gasteiger partial charge in [0, 0.05) is 17.8 Å². The van der Waals surface area contributed by atoms with Crippen molar-refractivity contribution >= 4 is 23.0 Å². The summed E-state index contributed by atoms with van der Waals surface area (Å²) in [6.45, 7) is 0. The van der Waals surface area contributed by atoms with Crippen molar-refractivity contribution in [2.75, 3.05) is 18.2 Å². The highest BCUT2D eigenvalue weighted by atomic mass is 16.6. The molecule has 28 heavy (non-hydrogen) atoms. The number of nitrogen functional groups attached to an aromatic ring is 1. The number of amides is 1. The first-order valence-corrected chi connectivity index (χ1v) is 8.24. The maximum Gasteiger partial charge on any atom is 0.269 e. The van der Waals surface area contributed by atoms with Crippen molar-refractivity contribution in [3.05, 3.63) is 82.4 Å². The Balaban J connectivity index is 1.89. The number of para-hydroxylation sites is 2. The summed E-state index contributed by atoms with van der Waals surface area (Å²) in [6, 6.07) is 17.3. The molecule has 0 radical (unpaired) electrons. The number of nitrogens with one attached hydrogen (secondary N) is 1. The summed E-state index contributed by atoms with van der Waals surface area (Å²) in [5.41, 5.74) is 6.80. The molecule has 0 saturated carbocycles. The van der Waals surface area contributed by atoms with E-state index >= 15 is 0 Å². The standard InChI is InChI=1S/C20H17N3O5/c1-27-17-7-3-2-6-16(17)22-20(24)19-15(21)5-4-8-18(19)28-14-11-9-13(10-12-14)23(25)26/h2-12H,21H2,1H3,(H,22,24). The second kappa shape index (κ2) is 8.09. The van der Waals surface area contributed by atoms with E-state index in [1.165, 1.54) is 31.4 Å². The lowest BCUT2D eigenvalue weighted by atomic mass is 10.1. The summed E-state index contributed by atoms with van der Waals surface area (Å²) in [5.74, 6) is 0.589. The first-order valence-electron chi connectivity index (χ1n) is 8.24. The van der Waals surface area contributed by atoms with Crippen LogP contribution in [0.1, 0.15) is 10.4 Å². The van der Waals surface area contributed by atoms with Crippen molar-refractivity contribution in [1.82, 2.24) is 0 Å². The number of carbonyl (C=O) groups is 1. The predicted molar refractivity (Wildman–Crippen MR) is 105 cm³/mol. The molecule has 0 bridgehead atoms. The Bertz CT molecular complexity index is 1020. The van der Waals surface area contributed by atoms with Gasteiger partial charge in [-0.1, -0.05) is 18.2 Å². The number of nitro groups is 1. The minimum atomic E-state index is -0.504. The van der Waals surface area contributed by atoms with E-state index in [0.29, 0.717) is 17.2 Å². The molecule has 0 unspecified atom stereocenters. The van der Waals surface area contributed by atoms with Gasteiger partial charge in [-0.15, -0.1) is 0 Å². The number of non-ortho nitro benzene ring substituents is 1. The van der Waals surface area contributed by atoms with Gasteiger partial charge in [0.1, 0.15) is 22.8 Å². The Kier molecular flexibility index (Phi) is 5.40. The summed E-state index contributed by atoms with van der Waals surface area (Å²) in [5, 5.41) is 13.5. The Hall–Kier alpha value is -4.07. The predicted octanol–water partition coefficient (Wildman–Crippen LogP) is 4.23. The SMILES string of the molecule is COc1ccccc1NC(=O)c1c(N)cccc1Oc1ccc([N+](=O)[O-])cc1. The van der Waals surface area contributed by atoms with E-state index in [0.717, 1.165) is 0 Å². The number of carbonyl (C=O) groups excluding carboxylic acids is 1. The second-order valence-corrected chi connectivity index (χ2v) is 5.73. The lowest BCUT2D eigenvalue weighted by Crippen LogP contribution is -2.15. The van der Waals surface area contributed by atoms with E-state index in [1.54, 1.807) is 42.5 Å². The van der Waals surface area contributed by atoms with Gasteiger partial charge in [-0.25, -0.2) is 0 Å². The highest BCUT2D eigenvalue weighted by molar-refractivity contribution is 6.10. The minimum Gasteiger partial charge on any atom is -0.495 e. The molecule has 1 amide bonds. The van der Waals surface area contributed by atoms with Crippen LogP contribution in [0.4, 0.5) is 17.1 Å². The van der Waals surface area contributed by atoms with Crippen LogP contribution in [0.15, 0.2) is 66.7 Å². The Morgan fingerprint density at radius 2 is 1.68 bits per heavy atom. The molecule has 3 rings (SSSR count). The van der Waals surface area contributed by atoms with Crippen molar-refractivity contribution in [3.63, 3.8) is 0 Å². The van der Waals surface area contributed by atoms with E-state index in [4.69, 9.17) is 15.2 Å². The average Bonchev–Trinajstić information content (AvgIpc) is 2.69. The average molecular weight is 379 g/mol. The fraction of sp³-hybridized carbons (Fsp3) is 0.0500. The van der Waals surface area contributed by atoms with Gasteiger partial charge in [0.2, 0.25) is 0 Å². The van der Waals surface area contributed by atoms with Crippen molar-refractivity contribution in [2.45, 2.75) is 0 Å². The number of nitro benzene ring substituents is 1. The van der Waals surface area contributed by atoms with Gasteiger partial charge in [-0.2, -0.15) is 0 Å². The maximum absolute atomic E-state index is 12.8. The van der Waals surface area contributed by atoms with Crippen LogP contribution in [-0.2, 0) is 0 Å². The number of benzene rings is 3. The van der Waals surface area contributed by atoms with Gasteiger partial charge in [0.05, 0.1) is 17.7 Å². The van der Waals surface area contributed by atoms with Crippen LogP contribution in [0, 0.1) is 10.1 Å². The van der Waals surface area contributed by atoms with Crippen LogP contribution in [0.2, 0.25) is 0 Å². The van der Waals surface area contributed by atoms with Crippen molar-refractivity contribution in [3.8, 4) is 17.2 Å². The third-order valence-electron chi connectivity index (χ3n) is 3.92.